The van der Waals surface area contributed by atoms with Gasteiger partial charge < -0.3 is 10.5 Å². The van der Waals surface area contributed by atoms with Crippen LogP contribution in [-0.4, -0.2) is 14.7 Å². The molecule has 0 fully saturated rings. The molecule has 0 bridgehead atoms. The van der Waals surface area contributed by atoms with Gasteiger partial charge in [-0.3, -0.25) is 0 Å². The van der Waals surface area contributed by atoms with Crippen molar-refractivity contribution in [2.75, 3.05) is 12.0 Å². The van der Waals surface area contributed by atoms with Crippen LogP contribution in [0.15, 0.2) is 41.3 Å². The Morgan fingerprint density at radius 1 is 1.15 bits per heavy atom. The topological polar surface area (TPSA) is 69.4 Å². The zero-order valence-corrected chi connectivity index (χ0v) is 12.6. The second-order valence-electron chi connectivity index (χ2n) is 4.45. The summed E-state index contributed by atoms with van der Waals surface area (Å²) in [4.78, 5) is 0.0506. The predicted octanol–water partition coefficient (Wildman–Crippen LogP) is 3.43. The molecule has 0 aliphatic heterocycles. The molecule has 0 atom stereocenters. The molecule has 0 amide bonds. The monoisotopic (exact) mass is 311 g/mol. The van der Waals surface area contributed by atoms with Gasteiger partial charge in [0.1, 0.15) is 5.75 Å². The van der Waals surface area contributed by atoms with Crippen molar-refractivity contribution in [3.63, 3.8) is 0 Å². The number of nitrogens with two attached hydrogens (primary N) is 1. The average Bonchev–Trinajstić information content (AvgIpc) is 2.35. The van der Waals surface area contributed by atoms with Gasteiger partial charge in [0.25, 0.3) is 0 Å². The van der Waals surface area contributed by atoms with E-state index in [0.717, 1.165) is 11.8 Å². The largest absolute Gasteiger partial charge is 0.455 e. The Morgan fingerprint density at radius 2 is 1.85 bits per heavy atom. The van der Waals surface area contributed by atoms with Gasteiger partial charge >= 0.3 is 0 Å². The number of sulfone groups is 1. The molecular weight excluding hydrogens is 298 g/mol. The van der Waals surface area contributed by atoms with E-state index in [2.05, 4.69) is 0 Å². The van der Waals surface area contributed by atoms with Crippen LogP contribution in [0, 0.1) is 6.92 Å². The molecule has 106 valence electrons. The van der Waals surface area contributed by atoms with Gasteiger partial charge in [-0.05, 0) is 36.8 Å². The van der Waals surface area contributed by atoms with E-state index < -0.39 is 9.84 Å². The van der Waals surface area contributed by atoms with Crippen molar-refractivity contribution in [1.29, 1.82) is 0 Å². The molecule has 20 heavy (non-hydrogen) atoms. The molecule has 0 saturated carbocycles. The third-order valence-corrected chi connectivity index (χ3v) is 4.19. The van der Waals surface area contributed by atoms with Crippen LogP contribution in [0.25, 0.3) is 0 Å². The lowest BCUT2D eigenvalue weighted by Crippen LogP contribution is -2.04. The Bertz CT molecular complexity index is 757. The molecule has 0 aliphatic rings. The average molecular weight is 312 g/mol. The van der Waals surface area contributed by atoms with Crippen LogP contribution in [0.5, 0.6) is 11.5 Å². The molecule has 4 nitrogen and oxygen atoms in total. The van der Waals surface area contributed by atoms with Crippen LogP contribution in [0.1, 0.15) is 5.56 Å². The summed E-state index contributed by atoms with van der Waals surface area (Å²) in [5.41, 5.74) is 6.83. The maximum absolute atomic E-state index is 11.6. The Kier molecular flexibility index (Phi) is 3.92. The molecule has 0 unspecified atom stereocenters. The third-order valence-electron chi connectivity index (χ3n) is 2.80. The lowest BCUT2D eigenvalue weighted by atomic mass is 10.2. The molecule has 0 spiro atoms. The van der Waals surface area contributed by atoms with Crippen molar-refractivity contribution in [2.45, 2.75) is 11.8 Å². The second kappa shape index (κ2) is 5.34. The van der Waals surface area contributed by atoms with Crippen molar-refractivity contribution in [3.05, 3.63) is 47.0 Å². The van der Waals surface area contributed by atoms with Crippen LogP contribution in [0.2, 0.25) is 5.02 Å². The number of aryl methyl sites for hydroxylation is 1. The van der Waals surface area contributed by atoms with Crippen LogP contribution in [0.4, 0.5) is 5.69 Å². The first kappa shape index (κ1) is 14.7. The van der Waals surface area contributed by atoms with E-state index >= 15 is 0 Å². The fraction of sp³-hybridized carbons (Fsp3) is 0.143. The van der Waals surface area contributed by atoms with Gasteiger partial charge in [-0.25, -0.2) is 8.42 Å². The van der Waals surface area contributed by atoms with E-state index in [-0.39, 0.29) is 10.6 Å². The van der Waals surface area contributed by atoms with Gasteiger partial charge in [0, 0.05) is 11.3 Å². The maximum atomic E-state index is 11.6. The number of halogens is 1. The fourth-order valence-corrected chi connectivity index (χ4v) is 2.73. The van der Waals surface area contributed by atoms with Crippen LogP contribution >= 0.6 is 11.6 Å². The highest BCUT2D eigenvalue weighted by Crippen LogP contribution is 2.34. The van der Waals surface area contributed by atoms with Gasteiger partial charge in [0.05, 0.1) is 10.6 Å². The number of hydrogen-bond acceptors (Lipinski definition) is 4. The number of nitrogen functional groups attached to an aromatic ring is 1. The summed E-state index contributed by atoms with van der Waals surface area (Å²) in [5.74, 6) is 0.827. The van der Waals surface area contributed by atoms with Gasteiger partial charge in [0.15, 0.2) is 15.6 Å². The molecular formula is C14H14ClNO3S. The van der Waals surface area contributed by atoms with Crippen LogP contribution in [-0.2, 0) is 9.84 Å². The Labute approximate surface area is 123 Å². The van der Waals surface area contributed by atoms with Crippen molar-refractivity contribution in [3.8, 4) is 11.5 Å². The van der Waals surface area contributed by atoms with E-state index in [0.29, 0.717) is 16.5 Å². The highest BCUT2D eigenvalue weighted by Gasteiger charge is 2.15. The molecule has 2 aromatic carbocycles. The van der Waals surface area contributed by atoms with Crippen LogP contribution in [0.3, 0.4) is 0 Å². The Morgan fingerprint density at radius 3 is 2.50 bits per heavy atom. The summed E-state index contributed by atoms with van der Waals surface area (Å²) in [6.45, 7) is 1.86. The molecule has 6 heteroatoms. The summed E-state index contributed by atoms with van der Waals surface area (Å²) >= 11 is 5.92. The Balaban J connectivity index is 2.47. The quantitative estimate of drug-likeness (QED) is 0.882. The van der Waals surface area contributed by atoms with Crippen molar-refractivity contribution >= 4 is 27.1 Å². The number of rotatable bonds is 3. The SMILES string of the molecule is Cc1ccc(Cl)cc1Oc1cccc(S(C)(=O)=O)c1N. The smallest absolute Gasteiger partial charge is 0.177 e. The number of para-hydroxylation sites is 1. The summed E-state index contributed by atoms with van der Waals surface area (Å²) in [6, 6.07) is 9.87. The standard InChI is InChI=1S/C14H14ClNO3S/c1-9-6-7-10(15)8-12(9)19-11-4-3-5-13(14(11)16)20(2,17)18/h3-8H,16H2,1-2H3. The molecule has 2 N–H and O–H groups in total. The van der Waals surface area contributed by atoms with Crippen molar-refractivity contribution in [1.82, 2.24) is 0 Å². The second-order valence-corrected chi connectivity index (χ2v) is 6.87. The van der Waals surface area contributed by atoms with E-state index in [4.69, 9.17) is 22.1 Å². The van der Waals surface area contributed by atoms with E-state index in [1.807, 2.05) is 13.0 Å². The third kappa shape index (κ3) is 3.05. The zero-order valence-electron chi connectivity index (χ0n) is 11.1. The zero-order chi connectivity index (χ0) is 14.9. The van der Waals surface area contributed by atoms with Crippen molar-refractivity contribution in [2.24, 2.45) is 0 Å². The van der Waals surface area contributed by atoms with E-state index in [9.17, 15) is 8.42 Å². The minimum Gasteiger partial charge on any atom is -0.455 e. The van der Waals surface area contributed by atoms with E-state index in [1.165, 1.54) is 6.07 Å². The molecule has 0 aromatic heterocycles. The fourth-order valence-electron chi connectivity index (χ4n) is 1.74. The van der Waals surface area contributed by atoms with E-state index in [1.54, 1.807) is 24.3 Å². The normalized spacial score (nSPS) is 11.3. The maximum Gasteiger partial charge on any atom is 0.177 e. The highest BCUT2D eigenvalue weighted by atomic mass is 35.5. The molecule has 0 aliphatic carbocycles. The molecule has 2 aromatic rings. The highest BCUT2D eigenvalue weighted by molar-refractivity contribution is 7.90. The van der Waals surface area contributed by atoms with Gasteiger partial charge in [-0.1, -0.05) is 23.7 Å². The minimum atomic E-state index is -3.40. The molecule has 2 rings (SSSR count). The first-order valence-electron chi connectivity index (χ1n) is 5.81. The Hall–Kier alpha value is -1.72. The summed E-state index contributed by atoms with van der Waals surface area (Å²) in [6.07, 6.45) is 1.10. The number of anilines is 1. The lowest BCUT2D eigenvalue weighted by Gasteiger charge is -2.13. The summed E-state index contributed by atoms with van der Waals surface area (Å²) < 4.78 is 28.9. The summed E-state index contributed by atoms with van der Waals surface area (Å²) in [5, 5.41) is 0.531. The minimum absolute atomic E-state index is 0.0506. The number of benzene rings is 2. The molecule has 0 radical (unpaired) electrons. The van der Waals surface area contributed by atoms with Crippen LogP contribution < -0.4 is 10.5 Å². The first-order chi connectivity index (χ1) is 9.29. The molecule has 0 heterocycles. The van der Waals surface area contributed by atoms with Gasteiger partial charge in [-0.2, -0.15) is 0 Å². The predicted molar refractivity (Wildman–Crippen MR) is 80.2 cm³/mol. The first-order valence-corrected chi connectivity index (χ1v) is 8.08. The number of ether oxygens (including phenoxy) is 1. The van der Waals surface area contributed by atoms with Gasteiger partial charge in [0.2, 0.25) is 0 Å². The lowest BCUT2D eigenvalue weighted by molar-refractivity contribution is 0.480. The summed E-state index contributed by atoms with van der Waals surface area (Å²) in [7, 11) is -3.40. The number of hydrogen-bond donors (Lipinski definition) is 1. The molecule has 0 saturated heterocycles. The van der Waals surface area contributed by atoms with Crippen molar-refractivity contribution < 1.29 is 13.2 Å². The van der Waals surface area contributed by atoms with Gasteiger partial charge in [-0.15, -0.1) is 0 Å².